The Morgan fingerprint density at radius 1 is 1.05 bits per heavy atom. The Morgan fingerprint density at radius 3 is 2.14 bits per heavy atom. The van der Waals surface area contributed by atoms with E-state index in [0.717, 1.165) is 0 Å². The summed E-state index contributed by atoms with van der Waals surface area (Å²) < 4.78 is 65.7. The molecule has 9 heteroatoms. The second kappa shape index (κ2) is 5.45. The van der Waals surface area contributed by atoms with Gasteiger partial charge in [0.2, 0.25) is 0 Å². The van der Waals surface area contributed by atoms with E-state index in [0.29, 0.717) is 0 Å². The molecule has 0 spiro atoms. The predicted octanol–water partition coefficient (Wildman–Crippen LogP) is 3.14. The number of hydrogen-bond donors (Lipinski definition) is 2. The van der Waals surface area contributed by atoms with Crippen LogP contribution in [0.1, 0.15) is 0 Å². The van der Waals surface area contributed by atoms with Crippen molar-refractivity contribution in [3.8, 4) is 0 Å². The highest BCUT2D eigenvalue weighted by molar-refractivity contribution is 7.92. The monoisotopic (exact) mass is 336 g/mol. The fraction of sp³-hybridized carbons (Fsp3) is 0. The van der Waals surface area contributed by atoms with Gasteiger partial charge < -0.3 is 5.73 Å². The number of sulfonamides is 1. The Morgan fingerprint density at radius 2 is 1.62 bits per heavy atom. The van der Waals surface area contributed by atoms with Crippen molar-refractivity contribution in [3.05, 3.63) is 52.8 Å². The second-order valence-electron chi connectivity index (χ2n) is 4.04. The van der Waals surface area contributed by atoms with E-state index in [4.69, 9.17) is 17.3 Å². The largest absolute Gasteiger partial charge is 0.399 e. The lowest BCUT2D eigenvalue weighted by Gasteiger charge is -2.11. The minimum atomic E-state index is -4.62. The quantitative estimate of drug-likeness (QED) is 0.846. The van der Waals surface area contributed by atoms with Crippen LogP contribution in [-0.4, -0.2) is 8.42 Å². The van der Waals surface area contributed by atoms with Crippen molar-refractivity contribution in [1.29, 1.82) is 0 Å². The van der Waals surface area contributed by atoms with E-state index in [1.807, 2.05) is 4.72 Å². The zero-order chi connectivity index (χ0) is 15.8. The van der Waals surface area contributed by atoms with Gasteiger partial charge in [0.25, 0.3) is 10.0 Å². The first kappa shape index (κ1) is 15.5. The van der Waals surface area contributed by atoms with Crippen molar-refractivity contribution in [2.45, 2.75) is 4.90 Å². The summed E-state index contributed by atoms with van der Waals surface area (Å²) in [6, 6.07) is 4.37. The van der Waals surface area contributed by atoms with E-state index in [2.05, 4.69) is 0 Å². The van der Waals surface area contributed by atoms with Crippen LogP contribution in [0, 0.1) is 17.5 Å². The molecule has 2 rings (SSSR count). The molecular formula is C12H8ClF3N2O2S. The molecular weight excluding hydrogens is 329 g/mol. The summed E-state index contributed by atoms with van der Waals surface area (Å²) in [6.07, 6.45) is 0. The lowest BCUT2D eigenvalue weighted by molar-refractivity contribution is 0.498. The zero-order valence-electron chi connectivity index (χ0n) is 10.2. The molecule has 0 aromatic heterocycles. The molecule has 0 bridgehead atoms. The highest BCUT2D eigenvalue weighted by Crippen LogP contribution is 2.28. The average Bonchev–Trinajstić information content (AvgIpc) is 2.30. The van der Waals surface area contributed by atoms with Crippen LogP contribution in [0.3, 0.4) is 0 Å². The third-order valence-corrected chi connectivity index (χ3v) is 4.20. The molecule has 0 unspecified atom stereocenters. The molecule has 0 saturated carbocycles. The van der Waals surface area contributed by atoms with Gasteiger partial charge in [0, 0.05) is 17.8 Å². The average molecular weight is 337 g/mol. The van der Waals surface area contributed by atoms with Crippen LogP contribution in [-0.2, 0) is 10.0 Å². The van der Waals surface area contributed by atoms with E-state index in [1.165, 1.54) is 18.2 Å². The Kier molecular flexibility index (Phi) is 4.02. The Balaban J connectivity index is 2.48. The lowest BCUT2D eigenvalue weighted by atomic mass is 10.3. The van der Waals surface area contributed by atoms with Crippen molar-refractivity contribution in [2.24, 2.45) is 0 Å². The molecule has 0 amide bonds. The number of nitrogens with one attached hydrogen (secondary N) is 1. The van der Waals surface area contributed by atoms with Gasteiger partial charge in [-0.25, -0.2) is 21.6 Å². The Labute approximate surface area is 123 Å². The van der Waals surface area contributed by atoms with Gasteiger partial charge in [0.15, 0.2) is 4.90 Å². The SMILES string of the molecule is Nc1ccc(NS(=O)(=O)c2c(F)cc(F)cc2F)c(Cl)c1. The van der Waals surface area contributed by atoms with Crippen LogP contribution in [0.4, 0.5) is 24.5 Å². The predicted molar refractivity (Wildman–Crippen MR) is 73.0 cm³/mol. The number of halogens is 4. The molecule has 0 radical (unpaired) electrons. The summed E-state index contributed by atoms with van der Waals surface area (Å²) in [5.41, 5.74) is 5.61. The minimum absolute atomic E-state index is 0.0542. The normalized spacial score (nSPS) is 11.4. The number of benzene rings is 2. The third kappa shape index (κ3) is 3.22. The van der Waals surface area contributed by atoms with E-state index in [1.54, 1.807) is 0 Å². The standard InChI is InChI=1S/C12H8ClF3N2O2S/c13-8-5-7(17)1-2-11(8)18-21(19,20)12-9(15)3-6(14)4-10(12)16/h1-5,18H,17H2. The van der Waals surface area contributed by atoms with Gasteiger partial charge in [-0.05, 0) is 18.2 Å². The molecule has 0 aliphatic heterocycles. The number of nitrogens with two attached hydrogens (primary N) is 1. The van der Waals surface area contributed by atoms with Crippen LogP contribution in [0.15, 0.2) is 35.2 Å². The van der Waals surface area contributed by atoms with Crippen molar-refractivity contribution < 1.29 is 21.6 Å². The van der Waals surface area contributed by atoms with Gasteiger partial charge in [0.1, 0.15) is 17.5 Å². The first-order valence-corrected chi connectivity index (χ1v) is 7.29. The maximum Gasteiger partial charge on any atom is 0.267 e. The first-order valence-electron chi connectivity index (χ1n) is 5.43. The number of nitrogen functional groups attached to an aromatic ring is 1. The molecule has 0 saturated heterocycles. The van der Waals surface area contributed by atoms with Gasteiger partial charge in [-0.1, -0.05) is 11.6 Å². The fourth-order valence-corrected chi connectivity index (χ4v) is 3.09. The maximum absolute atomic E-state index is 13.5. The van der Waals surface area contributed by atoms with Crippen LogP contribution in [0.25, 0.3) is 0 Å². The van der Waals surface area contributed by atoms with Crippen molar-refractivity contribution in [3.63, 3.8) is 0 Å². The van der Waals surface area contributed by atoms with Crippen molar-refractivity contribution in [1.82, 2.24) is 0 Å². The minimum Gasteiger partial charge on any atom is -0.399 e. The summed E-state index contributed by atoms with van der Waals surface area (Å²) >= 11 is 5.77. The van der Waals surface area contributed by atoms with Crippen LogP contribution >= 0.6 is 11.6 Å². The molecule has 0 aliphatic rings. The van der Waals surface area contributed by atoms with Crippen LogP contribution in [0.5, 0.6) is 0 Å². The zero-order valence-corrected chi connectivity index (χ0v) is 11.8. The molecule has 2 aromatic rings. The smallest absolute Gasteiger partial charge is 0.267 e. The first-order chi connectivity index (χ1) is 9.70. The van der Waals surface area contributed by atoms with Gasteiger partial charge in [-0.15, -0.1) is 0 Å². The molecule has 0 heterocycles. The van der Waals surface area contributed by atoms with E-state index >= 15 is 0 Å². The summed E-state index contributed by atoms with van der Waals surface area (Å²) in [6.45, 7) is 0. The fourth-order valence-electron chi connectivity index (χ4n) is 1.60. The van der Waals surface area contributed by atoms with Gasteiger partial charge in [-0.3, -0.25) is 4.72 Å². The molecule has 4 nitrogen and oxygen atoms in total. The third-order valence-electron chi connectivity index (χ3n) is 2.47. The Hall–Kier alpha value is -1.93. The van der Waals surface area contributed by atoms with Crippen molar-refractivity contribution in [2.75, 3.05) is 10.5 Å². The Bertz CT molecular complexity index is 789. The summed E-state index contributed by atoms with van der Waals surface area (Å²) in [4.78, 5) is -1.29. The van der Waals surface area contributed by atoms with Gasteiger partial charge in [0.05, 0.1) is 10.7 Å². The van der Waals surface area contributed by atoms with Crippen molar-refractivity contribution >= 4 is 33.0 Å². The number of hydrogen-bond acceptors (Lipinski definition) is 3. The van der Waals surface area contributed by atoms with E-state index in [9.17, 15) is 21.6 Å². The highest BCUT2D eigenvalue weighted by atomic mass is 35.5. The molecule has 0 aliphatic carbocycles. The second-order valence-corrected chi connectivity index (χ2v) is 6.07. The topological polar surface area (TPSA) is 72.2 Å². The maximum atomic E-state index is 13.5. The number of rotatable bonds is 3. The van der Waals surface area contributed by atoms with E-state index in [-0.39, 0.29) is 28.5 Å². The van der Waals surface area contributed by atoms with Crippen LogP contribution in [0.2, 0.25) is 5.02 Å². The summed E-state index contributed by atoms with van der Waals surface area (Å²) in [5.74, 6) is -4.33. The summed E-state index contributed by atoms with van der Waals surface area (Å²) in [5, 5.41) is -0.0542. The van der Waals surface area contributed by atoms with Gasteiger partial charge >= 0.3 is 0 Å². The van der Waals surface area contributed by atoms with Crippen LogP contribution < -0.4 is 10.5 Å². The number of anilines is 2. The molecule has 21 heavy (non-hydrogen) atoms. The van der Waals surface area contributed by atoms with E-state index < -0.39 is 32.4 Å². The lowest BCUT2D eigenvalue weighted by Crippen LogP contribution is -2.17. The van der Waals surface area contributed by atoms with Gasteiger partial charge in [-0.2, -0.15) is 0 Å². The molecule has 112 valence electrons. The highest BCUT2D eigenvalue weighted by Gasteiger charge is 2.25. The summed E-state index contributed by atoms with van der Waals surface area (Å²) in [7, 11) is -4.62. The molecule has 0 atom stereocenters. The molecule has 0 fully saturated rings. The molecule has 2 aromatic carbocycles. The molecule has 3 N–H and O–H groups in total.